The molecule has 2 heterocycles. The van der Waals surface area contributed by atoms with Crippen molar-refractivity contribution in [3.05, 3.63) is 102 Å². The quantitative estimate of drug-likeness (QED) is 0.448. The Morgan fingerprint density at radius 2 is 1.77 bits per heavy atom. The first-order chi connectivity index (χ1) is 14.8. The first kappa shape index (κ1) is 19.2. The molecule has 0 unspecified atom stereocenters. The molecule has 3 nitrogen and oxygen atoms in total. The average molecular weight is 414 g/mol. The van der Waals surface area contributed by atoms with Gasteiger partial charge in [-0.1, -0.05) is 54.6 Å². The predicted octanol–water partition coefficient (Wildman–Crippen LogP) is 5.81. The van der Waals surface area contributed by atoms with Crippen molar-refractivity contribution in [2.24, 2.45) is 5.92 Å². The van der Waals surface area contributed by atoms with Crippen molar-refractivity contribution in [2.75, 3.05) is 5.75 Å². The molecule has 0 spiro atoms. The minimum Gasteiger partial charge on any atom is -0.487 e. The predicted molar refractivity (Wildman–Crippen MR) is 122 cm³/mol. The number of fused-ring (bicyclic) bond motifs is 2. The number of hydrogen-bond donors (Lipinski definition) is 1. The van der Waals surface area contributed by atoms with E-state index in [-0.39, 0.29) is 5.92 Å². The van der Waals surface area contributed by atoms with Crippen LogP contribution in [0.5, 0.6) is 5.75 Å². The van der Waals surface area contributed by atoms with Crippen LogP contribution in [0.3, 0.4) is 0 Å². The van der Waals surface area contributed by atoms with E-state index in [0.717, 1.165) is 45.0 Å². The summed E-state index contributed by atoms with van der Waals surface area (Å²) in [7, 11) is 0. The third kappa shape index (κ3) is 4.07. The summed E-state index contributed by atoms with van der Waals surface area (Å²) < 4.78 is 6.03. The third-order valence-corrected chi connectivity index (χ3v) is 6.86. The summed E-state index contributed by atoms with van der Waals surface area (Å²) in [6.45, 7) is 0.403. The van der Waals surface area contributed by atoms with E-state index in [0.29, 0.717) is 6.61 Å². The normalized spacial score (nSPS) is 18.2. The fourth-order valence-electron chi connectivity index (χ4n) is 3.95. The molecule has 1 aromatic heterocycles. The lowest BCUT2D eigenvalue weighted by Gasteiger charge is -2.30. The van der Waals surface area contributed by atoms with E-state index >= 15 is 0 Å². The van der Waals surface area contributed by atoms with Gasteiger partial charge < -0.3 is 9.84 Å². The molecule has 0 saturated carbocycles. The zero-order valence-corrected chi connectivity index (χ0v) is 17.4. The Morgan fingerprint density at radius 1 is 0.933 bits per heavy atom. The highest BCUT2D eigenvalue weighted by Crippen LogP contribution is 2.42. The Hall–Kier alpha value is -2.82. The van der Waals surface area contributed by atoms with Crippen molar-refractivity contribution in [1.29, 1.82) is 0 Å². The molecule has 4 heteroatoms. The van der Waals surface area contributed by atoms with Crippen LogP contribution in [0.4, 0.5) is 0 Å². The molecule has 0 aliphatic carbocycles. The maximum absolute atomic E-state index is 11.0. The maximum atomic E-state index is 11.0. The summed E-state index contributed by atoms with van der Waals surface area (Å²) >= 11 is 1.82. The Labute approximate surface area is 180 Å². The van der Waals surface area contributed by atoms with Crippen LogP contribution in [0.2, 0.25) is 0 Å². The third-order valence-electron chi connectivity index (χ3n) is 5.58. The monoisotopic (exact) mass is 413 g/mol. The van der Waals surface area contributed by atoms with Gasteiger partial charge in [0, 0.05) is 22.0 Å². The molecule has 0 amide bonds. The van der Waals surface area contributed by atoms with Gasteiger partial charge in [0.15, 0.2) is 0 Å². The van der Waals surface area contributed by atoms with Crippen LogP contribution >= 0.6 is 11.8 Å². The van der Waals surface area contributed by atoms with Crippen molar-refractivity contribution < 1.29 is 9.84 Å². The number of ether oxygens (including phenoxy) is 1. The van der Waals surface area contributed by atoms with Crippen molar-refractivity contribution in [3.63, 3.8) is 0 Å². The number of nitrogens with zero attached hydrogens (tertiary/aromatic N) is 1. The highest BCUT2D eigenvalue weighted by molar-refractivity contribution is 7.99. The van der Waals surface area contributed by atoms with Gasteiger partial charge in [-0.2, -0.15) is 0 Å². The van der Waals surface area contributed by atoms with E-state index in [1.165, 1.54) is 5.56 Å². The average Bonchev–Trinajstić information content (AvgIpc) is 2.80. The minimum atomic E-state index is -0.483. The standard InChI is InChI=1S/C26H23NO2S/c28-26-20(14-18-6-2-1-3-7-18)17-30-25-13-12-22(15-23(25)26)29-16-21-11-10-19-8-4-5-9-24(19)27-21/h1-13,15,20,26,28H,14,16-17H2/t20-,26+/m1/s1. The number of para-hydroxylation sites is 1. The van der Waals surface area contributed by atoms with Gasteiger partial charge in [0.1, 0.15) is 12.4 Å². The second-order valence-corrected chi connectivity index (χ2v) is 8.75. The van der Waals surface area contributed by atoms with Crippen LogP contribution in [0, 0.1) is 5.92 Å². The lowest BCUT2D eigenvalue weighted by atomic mass is 9.90. The first-order valence-electron chi connectivity index (χ1n) is 10.2. The number of benzene rings is 3. The smallest absolute Gasteiger partial charge is 0.130 e. The van der Waals surface area contributed by atoms with Crippen LogP contribution in [-0.4, -0.2) is 15.8 Å². The second kappa shape index (κ2) is 8.50. The van der Waals surface area contributed by atoms with Gasteiger partial charge in [0.05, 0.1) is 17.3 Å². The Balaban J connectivity index is 1.30. The fraction of sp³-hybridized carbons (Fsp3) is 0.192. The van der Waals surface area contributed by atoms with Gasteiger partial charge in [-0.25, -0.2) is 4.98 Å². The van der Waals surface area contributed by atoms with Crippen LogP contribution in [0.15, 0.2) is 89.8 Å². The number of aromatic nitrogens is 1. The SMILES string of the molecule is O[C@@H]1c2cc(OCc3ccc4ccccc4n3)ccc2SC[C@H]1Cc1ccccc1. The zero-order chi connectivity index (χ0) is 20.3. The Kier molecular flexibility index (Phi) is 5.43. The molecular weight excluding hydrogens is 390 g/mol. The van der Waals surface area contributed by atoms with Crippen LogP contribution < -0.4 is 4.74 Å². The molecular formula is C26H23NO2S. The maximum Gasteiger partial charge on any atom is 0.130 e. The largest absolute Gasteiger partial charge is 0.487 e. The molecule has 30 heavy (non-hydrogen) atoms. The molecule has 1 N–H and O–H groups in total. The highest BCUT2D eigenvalue weighted by Gasteiger charge is 2.29. The van der Waals surface area contributed by atoms with Crippen LogP contribution in [-0.2, 0) is 13.0 Å². The molecule has 3 aromatic carbocycles. The summed E-state index contributed by atoms with van der Waals surface area (Å²) in [6, 6.07) is 28.6. The number of hydrogen-bond acceptors (Lipinski definition) is 4. The summed E-state index contributed by atoms with van der Waals surface area (Å²) in [5.74, 6) is 1.88. The zero-order valence-electron chi connectivity index (χ0n) is 16.6. The van der Waals surface area contributed by atoms with E-state index in [2.05, 4.69) is 47.4 Å². The summed E-state index contributed by atoms with van der Waals surface area (Å²) in [5, 5.41) is 12.2. The molecule has 1 aliphatic heterocycles. The fourth-order valence-corrected chi connectivity index (χ4v) is 5.16. The molecule has 1 aliphatic rings. The molecule has 4 aromatic rings. The first-order valence-corrected chi connectivity index (χ1v) is 11.2. The lowest BCUT2D eigenvalue weighted by Crippen LogP contribution is -2.22. The number of pyridine rings is 1. The van der Waals surface area contributed by atoms with Gasteiger partial charge >= 0.3 is 0 Å². The van der Waals surface area contributed by atoms with Crippen molar-refractivity contribution in [1.82, 2.24) is 4.98 Å². The van der Waals surface area contributed by atoms with Crippen molar-refractivity contribution in [2.45, 2.75) is 24.0 Å². The lowest BCUT2D eigenvalue weighted by molar-refractivity contribution is 0.114. The van der Waals surface area contributed by atoms with Crippen LogP contribution in [0.25, 0.3) is 10.9 Å². The number of rotatable bonds is 5. The summed E-state index contributed by atoms with van der Waals surface area (Å²) in [6.07, 6.45) is 0.393. The van der Waals surface area contributed by atoms with Gasteiger partial charge in [0.25, 0.3) is 0 Å². The molecule has 0 fully saturated rings. The van der Waals surface area contributed by atoms with E-state index in [1.54, 1.807) is 0 Å². The highest BCUT2D eigenvalue weighted by atomic mass is 32.2. The van der Waals surface area contributed by atoms with E-state index in [4.69, 9.17) is 4.74 Å². The van der Waals surface area contributed by atoms with Gasteiger partial charge in [-0.3, -0.25) is 0 Å². The molecule has 0 bridgehead atoms. The minimum absolute atomic E-state index is 0.197. The van der Waals surface area contributed by atoms with Gasteiger partial charge in [-0.05, 0) is 47.9 Å². The number of aliphatic hydroxyl groups excluding tert-OH is 1. The topological polar surface area (TPSA) is 42.4 Å². The van der Waals surface area contributed by atoms with Crippen molar-refractivity contribution in [3.8, 4) is 5.75 Å². The summed E-state index contributed by atoms with van der Waals surface area (Å²) in [4.78, 5) is 5.81. The van der Waals surface area contributed by atoms with Gasteiger partial charge in [0.2, 0.25) is 0 Å². The van der Waals surface area contributed by atoms with E-state index in [9.17, 15) is 5.11 Å². The Bertz CT molecular complexity index is 1160. The molecule has 0 saturated heterocycles. The van der Waals surface area contributed by atoms with E-state index in [1.807, 2.05) is 54.2 Å². The summed E-state index contributed by atoms with van der Waals surface area (Å²) in [5.41, 5.74) is 4.10. The van der Waals surface area contributed by atoms with Crippen LogP contribution in [0.1, 0.15) is 22.9 Å². The number of aliphatic hydroxyl groups is 1. The van der Waals surface area contributed by atoms with Gasteiger partial charge in [-0.15, -0.1) is 11.8 Å². The Morgan fingerprint density at radius 3 is 2.67 bits per heavy atom. The molecule has 5 rings (SSSR count). The molecule has 150 valence electrons. The molecule has 0 radical (unpaired) electrons. The van der Waals surface area contributed by atoms with Crippen molar-refractivity contribution >= 4 is 22.7 Å². The van der Waals surface area contributed by atoms with E-state index < -0.39 is 6.10 Å². The molecule has 2 atom stereocenters. The second-order valence-electron chi connectivity index (χ2n) is 7.69. The number of thioether (sulfide) groups is 1.